The molecule has 1 atom stereocenters. The largest absolute Gasteiger partial charge is 0.384 e. The molecule has 114 valence electrons. The zero-order chi connectivity index (χ0) is 15.2. The lowest BCUT2D eigenvalue weighted by atomic mass is 10.2. The van der Waals surface area contributed by atoms with Crippen LogP contribution < -0.4 is 5.32 Å². The predicted molar refractivity (Wildman–Crippen MR) is 74.9 cm³/mol. The Labute approximate surface area is 123 Å². The third-order valence-electron chi connectivity index (χ3n) is 3.38. The van der Waals surface area contributed by atoms with Gasteiger partial charge in [0, 0.05) is 33.0 Å². The van der Waals surface area contributed by atoms with Gasteiger partial charge in [0.15, 0.2) is 0 Å². The number of carbonyl (C=O) groups excluding carboxylic acids is 2. The van der Waals surface area contributed by atoms with Gasteiger partial charge in [-0.15, -0.1) is 0 Å². The molecular formula is C15H19FN2O3. The second kappa shape index (κ2) is 7.17. The number of nitrogens with one attached hydrogen (secondary N) is 1. The Bertz CT molecular complexity index is 521. The van der Waals surface area contributed by atoms with Crippen molar-refractivity contribution in [3.8, 4) is 0 Å². The maximum atomic E-state index is 13.1. The minimum absolute atomic E-state index is 0.0312. The number of nitrogens with zero attached hydrogens (tertiary/aromatic N) is 1. The lowest BCUT2D eigenvalue weighted by molar-refractivity contribution is -0.128. The Morgan fingerprint density at radius 1 is 1.52 bits per heavy atom. The van der Waals surface area contributed by atoms with E-state index in [1.54, 1.807) is 17.0 Å². The van der Waals surface area contributed by atoms with Crippen molar-refractivity contribution in [2.45, 2.75) is 25.4 Å². The molecule has 1 heterocycles. The van der Waals surface area contributed by atoms with E-state index in [1.807, 2.05) is 0 Å². The highest BCUT2D eigenvalue weighted by molar-refractivity contribution is 5.82. The number of carbonyl (C=O) groups is 2. The minimum atomic E-state index is -0.316. The number of likely N-dealkylation sites (tertiary alicyclic amines) is 1. The highest BCUT2D eigenvalue weighted by Gasteiger charge is 2.30. The molecule has 0 bridgehead atoms. The summed E-state index contributed by atoms with van der Waals surface area (Å²) in [6.07, 6.45) is 0.569. The van der Waals surface area contributed by atoms with Gasteiger partial charge in [-0.25, -0.2) is 4.39 Å². The number of hydrogen-bond acceptors (Lipinski definition) is 3. The lowest BCUT2D eigenvalue weighted by Gasteiger charge is -2.17. The van der Waals surface area contributed by atoms with Crippen LogP contribution in [-0.2, 0) is 20.9 Å². The highest BCUT2D eigenvalue weighted by Crippen LogP contribution is 2.15. The van der Waals surface area contributed by atoms with Crippen LogP contribution >= 0.6 is 0 Å². The summed E-state index contributed by atoms with van der Waals surface area (Å²) in [5.41, 5.74) is 0.745. The van der Waals surface area contributed by atoms with E-state index in [1.165, 1.54) is 19.2 Å². The molecule has 0 saturated carbocycles. The van der Waals surface area contributed by atoms with Crippen LogP contribution in [0.1, 0.15) is 18.4 Å². The lowest BCUT2D eigenvalue weighted by Crippen LogP contribution is -2.37. The molecule has 1 aliphatic rings. The second-order valence-electron chi connectivity index (χ2n) is 5.12. The zero-order valence-electron chi connectivity index (χ0n) is 12.0. The van der Waals surface area contributed by atoms with Gasteiger partial charge >= 0.3 is 0 Å². The summed E-state index contributed by atoms with van der Waals surface area (Å²) < 4.78 is 18.0. The fraction of sp³-hybridized carbons (Fsp3) is 0.467. The van der Waals surface area contributed by atoms with Gasteiger partial charge < -0.3 is 15.0 Å². The summed E-state index contributed by atoms with van der Waals surface area (Å²) in [6, 6.07) is 6.00. The van der Waals surface area contributed by atoms with Crippen molar-refractivity contribution in [1.29, 1.82) is 0 Å². The first-order valence-corrected chi connectivity index (χ1v) is 6.89. The molecule has 1 aliphatic heterocycles. The molecule has 0 aliphatic carbocycles. The summed E-state index contributed by atoms with van der Waals surface area (Å²) >= 11 is 0. The smallest absolute Gasteiger partial charge is 0.225 e. The molecule has 1 fully saturated rings. The average Bonchev–Trinajstić information content (AvgIpc) is 2.76. The van der Waals surface area contributed by atoms with Crippen LogP contribution in [0.5, 0.6) is 0 Å². The van der Waals surface area contributed by atoms with Gasteiger partial charge in [0.2, 0.25) is 11.8 Å². The summed E-state index contributed by atoms with van der Waals surface area (Å²) in [4.78, 5) is 25.2. The molecule has 1 aromatic carbocycles. The van der Waals surface area contributed by atoms with Gasteiger partial charge in [0.1, 0.15) is 5.82 Å². The zero-order valence-corrected chi connectivity index (χ0v) is 12.0. The van der Waals surface area contributed by atoms with Crippen LogP contribution in [0.25, 0.3) is 0 Å². The van der Waals surface area contributed by atoms with Crippen molar-refractivity contribution in [2.75, 3.05) is 20.3 Å². The van der Waals surface area contributed by atoms with Gasteiger partial charge in [-0.05, 0) is 17.7 Å². The van der Waals surface area contributed by atoms with Crippen molar-refractivity contribution in [3.05, 3.63) is 35.6 Å². The van der Waals surface area contributed by atoms with Crippen LogP contribution in [0.2, 0.25) is 0 Å². The molecule has 21 heavy (non-hydrogen) atoms. The molecule has 1 aromatic rings. The Morgan fingerprint density at radius 3 is 3.05 bits per heavy atom. The molecule has 2 rings (SSSR count). The van der Waals surface area contributed by atoms with E-state index in [-0.39, 0.29) is 36.5 Å². The molecule has 1 N–H and O–H groups in total. The molecule has 5 nitrogen and oxygen atoms in total. The number of rotatable bonds is 6. The van der Waals surface area contributed by atoms with Crippen molar-refractivity contribution < 1.29 is 18.7 Å². The topological polar surface area (TPSA) is 58.6 Å². The van der Waals surface area contributed by atoms with Crippen LogP contribution in [0.15, 0.2) is 24.3 Å². The standard InChI is InChI=1S/C15H19FN2O3/c1-21-6-5-14(19)17-13-8-15(20)18(10-13)9-11-3-2-4-12(16)7-11/h2-4,7,13H,5-6,8-10H2,1H3,(H,17,19). The maximum Gasteiger partial charge on any atom is 0.225 e. The third kappa shape index (κ3) is 4.53. The molecule has 6 heteroatoms. The molecule has 0 spiro atoms. The van der Waals surface area contributed by atoms with E-state index in [0.717, 1.165) is 5.56 Å². The number of methoxy groups -OCH3 is 1. The first kappa shape index (κ1) is 15.4. The number of hydrogen-bond donors (Lipinski definition) is 1. The minimum Gasteiger partial charge on any atom is -0.384 e. The first-order valence-electron chi connectivity index (χ1n) is 6.89. The van der Waals surface area contributed by atoms with E-state index in [9.17, 15) is 14.0 Å². The van der Waals surface area contributed by atoms with Crippen LogP contribution in [-0.4, -0.2) is 43.0 Å². The fourth-order valence-electron chi connectivity index (χ4n) is 2.37. The SMILES string of the molecule is COCCC(=O)NC1CC(=O)N(Cc2cccc(F)c2)C1. The Morgan fingerprint density at radius 2 is 2.33 bits per heavy atom. The van der Waals surface area contributed by atoms with Crippen molar-refractivity contribution >= 4 is 11.8 Å². The molecule has 2 amide bonds. The van der Waals surface area contributed by atoms with Crippen LogP contribution in [0.3, 0.4) is 0 Å². The van der Waals surface area contributed by atoms with Crippen LogP contribution in [0, 0.1) is 5.82 Å². The van der Waals surface area contributed by atoms with E-state index >= 15 is 0 Å². The number of halogens is 1. The van der Waals surface area contributed by atoms with Crippen LogP contribution in [0.4, 0.5) is 4.39 Å². The highest BCUT2D eigenvalue weighted by atomic mass is 19.1. The van der Waals surface area contributed by atoms with Gasteiger partial charge in [0.25, 0.3) is 0 Å². The Balaban J connectivity index is 1.86. The van der Waals surface area contributed by atoms with Crippen molar-refractivity contribution in [1.82, 2.24) is 10.2 Å². The maximum absolute atomic E-state index is 13.1. The molecule has 0 radical (unpaired) electrons. The van der Waals surface area contributed by atoms with E-state index in [4.69, 9.17) is 4.74 Å². The van der Waals surface area contributed by atoms with Gasteiger partial charge in [-0.3, -0.25) is 9.59 Å². The van der Waals surface area contributed by atoms with E-state index < -0.39 is 0 Å². The summed E-state index contributed by atoms with van der Waals surface area (Å²) in [5, 5.41) is 2.82. The molecular weight excluding hydrogens is 275 g/mol. The number of ether oxygens (including phenoxy) is 1. The summed E-state index contributed by atoms with van der Waals surface area (Å²) in [6.45, 7) is 1.18. The van der Waals surface area contributed by atoms with Crippen molar-refractivity contribution in [2.24, 2.45) is 0 Å². The molecule has 1 unspecified atom stereocenters. The number of benzene rings is 1. The normalized spacial score (nSPS) is 18.1. The van der Waals surface area contributed by atoms with Gasteiger partial charge in [-0.1, -0.05) is 12.1 Å². The quantitative estimate of drug-likeness (QED) is 0.854. The third-order valence-corrected chi connectivity index (χ3v) is 3.38. The molecule has 1 saturated heterocycles. The average molecular weight is 294 g/mol. The van der Waals surface area contributed by atoms with Crippen molar-refractivity contribution in [3.63, 3.8) is 0 Å². The number of amides is 2. The Kier molecular flexibility index (Phi) is 5.27. The van der Waals surface area contributed by atoms with Gasteiger partial charge in [0.05, 0.1) is 12.6 Å². The second-order valence-corrected chi connectivity index (χ2v) is 5.12. The Hall–Kier alpha value is -1.95. The summed E-state index contributed by atoms with van der Waals surface area (Å²) in [5.74, 6) is -0.470. The fourth-order valence-corrected chi connectivity index (χ4v) is 2.37. The van der Waals surface area contributed by atoms with E-state index in [2.05, 4.69) is 5.32 Å². The predicted octanol–water partition coefficient (Wildman–Crippen LogP) is 1.08. The summed E-state index contributed by atoms with van der Waals surface area (Å²) in [7, 11) is 1.53. The van der Waals surface area contributed by atoms with Gasteiger partial charge in [-0.2, -0.15) is 0 Å². The molecule has 0 aromatic heterocycles. The first-order chi connectivity index (χ1) is 10.1. The van der Waals surface area contributed by atoms with E-state index in [0.29, 0.717) is 19.7 Å². The monoisotopic (exact) mass is 294 g/mol.